The summed E-state index contributed by atoms with van der Waals surface area (Å²) >= 11 is 0. The molecule has 3 nitrogen and oxygen atoms in total. The standard InChI is InChI=1S/C12H18N2O/c1-8(2)13-14-11-7-9(3)6-10(4)12(11)15-5/h6-8H,1-5H3. The predicted molar refractivity (Wildman–Crippen MR) is 62.1 cm³/mol. The number of hydrogen-bond donors (Lipinski definition) is 0. The minimum absolute atomic E-state index is 0.204. The van der Waals surface area contributed by atoms with Gasteiger partial charge < -0.3 is 4.74 Å². The minimum Gasteiger partial charge on any atom is -0.494 e. The van der Waals surface area contributed by atoms with Crippen LogP contribution in [0.3, 0.4) is 0 Å². The Bertz CT molecular complexity index is 370. The van der Waals surface area contributed by atoms with Gasteiger partial charge in [-0.05, 0) is 44.9 Å². The highest BCUT2D eigenvalue weighted by molar-refractivity contribution is 5.57. The number of azo groups is 1. The Labute approximate surface area is 91.2 Å². The van der Waals surface area contributed by atoms with E-state index in [2.05, 4.69) is 16.3 Å². The fourth-order valence-electron chi connectivity index (χ4n) is 1.45. The smallest absolute Gasteiger partial charge is 0.149 e. The van der Waals surface area contributed by atoms with E-state index in [1.165, 1.54) is 5.56 Å². The van der Waals surface area contributed by atoms with Gasteiger partial charge >= 0.3 is 0 Å². The van der Waals surface area contributed by atoms with Crippen molar-refractivity contribution >= 4 is 5.69 Å². The van der Waals surface area contributed by atoms with Crippen molar-refractivity contribution in [3.63, 3.8) is 0 Å². The van der Waals surface area contributed by atoms with Crippen molar-refractivity contribution in [1.29, 1.82) is 0 Å². The molecule has 0 bridgehead atoms. The van der Waals surface area contributed by atoms with E-state index in [9.17, 15) is 0 Å². The van der Waals surface area contributed by atoms with E-state index in [1.807, 2.05) is 33.8 Å². The molecule has 0 heterocycles. The van der Waals surface area contributed by atoms with Crippen LogP contribution in [0.4, 0.5) is 5.69 Å². The van der Waals surface area contributed by atoms with Gasteiger partial charge in [-0.25, -0.2) is 0 Å². The van der Waals surface area contributed by atoms with Crippen LogP contribution in [0.25, 0.3) is 0 Å². The average molecular weight is 206 g/mol. The summed E-state index contributed by atoms with van der Waals surface area (Å²) in [5, 5.41) is 8.33. The molecule has 0 spiro atoms. The first-order valence-electron chi connectivity index (χ1n) is 5.10. The summed E-state index contributed by atoms with van der Waals surface area (Å²) in [6.07, 6.45) is 0. The quantitative estimate of drug-likeness (QED) is 0.692. The van der Waals surface area contributed by atoms with Crippen molar-refractivity contribution in [3.05, 3.63) is 23.3 Å². The van der Waals surface area contributed by atoms with Crippen molar-refractivity contribution in [2.45, 2.75) is 33.7 Å². The van der Waals surface area contributed by atoms with E-state index in [0.29, 0.717) is 0 Å². The fourth-order valence-corrected chi connectivity index (χ4v) is 1.45. The molecule has 0 aliphatic rings. The van der Waals surface area contributed by atoms with Gasteiger partial charge in [-0.1, -0.05) is 6.07 Å². The normalized spacial score (nSPS) is 11.3. The van der Waals surface area contributed by atoms with Gasteiger partial charge in [0.25, 0.3) is 0 Å². The van der Waals surface area contributed by atoms with Crippen LogP contribution in [0.2, 0.25) is 0 Å². The van der Waals surface area contributed by atoms with Gasteiger partial charge in [0.05, 0.1) is 13.2 Å². The Balaban J connectivity index is 3.14. The van der Waals surface area contributed by atoms with Crippen molar-refractivity contribution in [2.75, 3.05) is 7.11 Å². The Hall–Kier alpha value is -1.38. The maximum atomic E-state index is 5.31. The lowest BCUT2D eigenvalue weighted by molar-refractivity contribution is 0.412. The molecule has 3 heteroatoms. The first kappa shape index (κ1) is 11.7. The lowest BCUT2D eigenvalue weighted by atomic mass is 10.1. The van der Waals surface area contributed by atoms with Crippen LogP contribution in [0.5, 0.6) is 5.75 Å². The summed E-state index contributed by atoms with van der Waals surface area (Å²) in [5.41, 5.74) is 3.07. The molecule has 0 atom stereocenters. The highest BCUT2D eigenvalue weighted by Crippen LogP contribution is 2.32. The molecule has 0 amide bonds. The molecule has 15 heavy (non-hydrogen) atoms. The molecule has 82 valence electrons. The molecular weight excluding hydrogens is 188 g/mol. The summed E-state index contributed by atoms with van der Waals surface area (Å²) in [7, 11) is 1.66. The Morgan fingerprint density at radius 2 is 1.87 bits per heavy atom. The second kappa shape index (κ2) is 4.91. The molecule has 0 aromatic heterocycles. The van der Waals surface area contributed by atoms with E-state index in [-0.39, 0.29) is 6.04 Å². The lowest BCUT2D eigenvalue weighted by Crippen LogP contribution is -1.90. The molecule has 0 aliphatic carbocycles. The van der Waals surface area contributed by atoms with Crippen molar-refractivity contribution < 1.29 is 4.74 Å². The molecule has 0 fully saturated rings. The van der Waals surface area contributed by atoms with Crippen LogP contribution in [0, 0.1) is 13.8 Å². The van der Waals surface area contributed by atoms with Gasteiger partial charge in [-0.3, -0.25) is 0 Å². The Morgan fingerprint density at radius 3 is 2.40 bits per heavy atom. The first-order valence-corrected chi connectivity index (χ1v) is 5.10. The molecule has 0 saturated carbocycles. The SMILES string of the molecule is COc1c(C)cc(C)cc1N=NC(C)C. The predicted octanol–water partition coefficient (Wildman–Crippen LogP) is 3.80. The van der Waals surface area contributed by atoms with E-state index < -0.39 is 0 Å². The lowest BCUT2D eigenvalue weighted by Gasteiger charge is -2.08. The van der Waals surface area contributed by atoms with Crippen LogP contribution in [-0.2, 0) is 0 Å². The topological polar surface area (TPSA) is 34.0 Å². The molecule has 0 radical (unpaired) electrons. The third-order valence-electron chi connectivity index (χ3n) is 2.00. The highest BCUT2D eigenvalue weighted by atomic mass is 16.5. The molecule has 0 saturated heterocycles. The van der Waals surface area contributed by atoms with E-state index >= 15 is 0 Å². The number of nitrogens with zero attached hydrogens (tertiary/aromatic N) is 2. The fraction of sp³-hybridized carbons (Fsp3) is 0.500. The molecule has 0 N–H and O–H groups in total. The summed E-state index contributed by atoms with van der Waals surface area (Å²) in [6.45, 7) is 8.05. The number of rotatable bonds is 3. The molecular formula is C12H18N2O. The zero-order valence-electron chi connectivity index (χ0n) is 10.0. The average Bonchev–Trinajstić information content (AvgIpc) is 2.13. The second-order valence-corrected chi connectivity index (χ2v) is 3.94. The number of methoxy groups -OCH3 is 1. The Kier molecular flexibility index (Phi) is 3.83. The third-order valence-corrected chi connectivity index (χ3v) is 2.00. The van der Waals surface area contributed by atoms with Crippen LogP contribution in [-0.4, -0.2) is 13.2 Å². The van der Waals surface area contributed by atoms with Gasteiger partial charge in [0.15, 0.2) is 0 Å². The zero-order chi connectivity index (χ0) is 11.4. The van der Waals surface area contributed by atoms with Crippen LogP contribution in [0.1, 0.15) is 25.0 Å². The number of aryl methyl sites for hydroxylation is 2. The zero-order valence-corrected chi connectivity index (χ0v) is 10.0. The van der Waals surface area contributed by atoms with Crippen LogP contribution >= 0.6 is 0 Å². The number of benzene rings is 1. The molecule has 1 aromatic rings. The molecule has 0 unspecified atom stereocenters. The van der Waals surface area contributed by atoms with Crippen LogP contribution < -0.4 is 4.74 Å². The largest absolute Gasteiger partial charge is 0.494 e. The van der Waals surface area contributed by atoms with E-state index in [4.69, 9.17) is 4.74 Å². The van der Waals surface area contributed by atoms with Gasteiger partial charge in [-0.2, -0.15) is 10.2 Å². The van der Waals surface area contributed by atoms with Gasteiger partial charge in [0.2, 0.25) is 0 Å². The van der Waals surface area contributed by atoms with E-state index in [0.717, 1.165) is 17.0 Å². The molecule has 1 rings (SSSR count). The Morgan fingerprint density at radius 1 is 1.20 bits per heavy atom. The molecule has 1 aromatic carbocycles. The van der Waals surface area contributed by atoms with Crippen molar-refractivity contribution in [2.24, 2.45) is 10.2 Å². The van der Waals surface area contributed by atoms with Gasteiger partial charge in [0, 0.05) is 0 Å². The van der Waals surface area contributed by atoms with E-state index in [1.54, 1.807) is 7.11 Å². The maximum Gasteiger partial charge on any atom is 0.149 e. The van der Waals surface area contributed by atoms with Crippen LogP contribution in [0.15, 0.2) is 22.4 Å². The first-order chi connectivity index (χ1) is 7.04. The second-order valence-electron chi connectivity index (χ2n) is 3.94. The highest BCUT2D eigenvalue weighted by Gasteiger charge is 2.06. The third kappa shape index (κ3) is 3.05. The monoisotopic (exact) mass is 206 g/mol. The minimum atomic E-state index is 0.204. The van der Waals surface area contributed by atoms with Crippen molar-refractivity contribution in [1.82, 2.24) is 0 Å². The van der Waals surface area contributed by atoms with Gasteiger partial charge in [0.1, 0.15) is 11.4 Å². The summed E-state index contributed by atoms with van der Waals surface area (Å²) < 4.78 is 5.31. The summed E-state index contributed by atoms with van der Waals surface area (Å²) in [6, 6.07) is 4.26. The van der Waals surface area contributed by atoms with Crippen molar-refractivity contribution in [3.8, 4) is 5.75 Å². The summed E-state index contributed by atoms with van der Waals surface area (Å²) in [4.78, 5) is 0. The summed E-state index contributed by atoms with van der Waals surface area (Å²) in [5.74, 6) is 0.810. The molecule has 0 aliphatic heterocycles. The number of hydrogen-bond acceptors (Lipinski definition) is 3. The number of ether oxygens (including phenoxy) is 1. The maximum absolute atomic E-state index is 5.31. The van der Waals surface area contributed by atoms with Gasteiger partial charge in [-0.15, -0.1) is 0 Å².